The third kappa shape index (κ3) is 22.6. The van der Waals surface area contributed by atoms with E-state index in [2.05, 4.69) is 196 Å². The van der Waals surface area contributed by atoms with Crippen molar-refractivity contribution in [1.29, 1.82) is 0 Å². The molecule has 10 aromatic carbocycles. The maximum absolute atomic E-state index is 15.0. The van der Waals surface area contributed by atoms with Crippen LogP contribution < -0.4 is 45.3 Å². The Bertz CT molecular complexity index is 6290. The average Bonchev–Trinajstić information content (AvgIpc) is 0.731. The highest BCUT2D eigenvalue weighted by molar-refractivity contribution is 6.41. The van der Waals surface area contributed by atoms with E-state index in [4.69, 9.17) is 0 Å². The van der Waals surface area contributed by atoms with Gasteiger partial charge in [0.05, 0.1) is 33.9 Å². The number of allylic oxidation sites excluding steroid dienone is 10. The van der Waals surface area contributed by atoms with Crippen molar-refractivity contribution in [3.8, 4) is 0 Å². The SMILES string of the molecule is CCCCC(CC)C(=O)NC1=CC(=[N+](c2ccc(C)cc2C)c2ccc(C)cc2C)C=CC1=C1C(=O)C(c2ccc(N(c3ccc(C)cc3C)c3ccc(C)cc3C)cc2NC(=O)C(CC)CCCC)=C1[O-].CCCCC(CC)C(=O)NC1=CC(=[N+](c2ccccc2)c2ccccc2)C=C/C1=C1\C(=O)C(c2ccc(N(c3ccccc3)c3ccccc3)cc2NC(=O)C(CC)CCCC)=C1O. The van der Waals surface area contributed by atoms with Crippen LogP contribution in [0.4, 0.5) is 68.2 Å². The van der Waals surface area contributed by atoms with Gasteiger partial charge in [0.2, 0.25) is 63.6 Å². The van der Waals surface area contributed by atoms with Gasteiger partial charge in [0, 0.05) is 163 Å². The van der Waals surface area contributed by atoms with Crippen molar-refractivity contribution in [3.63, 3.8) is 0 Å². The fourth-order valence-electron chi connectivity index (χ4n) is 18.8. The summed E-state index contributed by atoms with van der Waals surface area (Å²) in [6, 6.07) is 76.6. The van der Waals surface area contributed by atoms with Gasteiger partial charge in [-0.15, -0.1) is 0 Å². The Morgan fingerprint density at radius 3 is 1.04 bits per heavy atom. The van der Waals surface area contributed by atoms with Gasteiger partial charge in [-0.05, 0) is 209 Å². The summed E-state index contributed by atoms with van der Waals surface area (Å²) >= 11 is 0. The van der Waals surface area contributed by atoms with Gasteiger partial charge in [0.1, 0.15) is 5.76 Å². The molecule has 16 heteroatoms. The Hall–Kier alpha value is -14.1. The number of benzene rings is 10. The smallest absolute Gasteiger partial charge is 0.227 e. The molecule has 10 aromatic rings. The standard InChI is InChI=1S/C64H74N4O4.C56H58N4O4/c1-13-17-19-47(15-3)63(71)65-53-37-49(67(55-29-21-39(5)33-43(55)9)56-30-22-40(6)34-44(56)10)25-27-51(53)59-61(69)60(62(59)70)52-28-26-50(38-54(52)66-64(72)48(16-4)20-18-14-2)68(57-31-23-41(7)35-45(57)11)58-32-24-42(8)36-46(58)12;1-5-9-23-39(7-3)55(63)57-49-37-45(59(41-25-15-11-16-26-41)42-27-17-12-18-28-42)33-35-47(49)51-53(61)52(54(51)62)48-36-34-46(38-50(48)58-56(64)40(8-4)24-10-6-2)60(43-29-19-13-20-30-43)44-31-21-14-22-32-44/h21-38,47-48H,13-20H2,1-12H3,(H2,65,66,69,70,71,72);11-22,25-40H,5-10,23-24H2,1-4H3,(H2,57,58,61,62,63,64)/p+1. The van der Waals surface area contributed by atoms with Crippen LogP contribution >= 0.6 is 0 Å². The molecule has 14 rings (SSSR count). The molecule has 0 radical (unpaired) electrons. The first-order valence-electron chi connectivity index (χ1n) is 49.0. The van der Waals surface area contributed by atoms with Crippen LogP contribution in [0.15, 0.2) is 312 Å². The van der Waals surface area contributed by atoms with Crippen LogP contribution in [-0.2, 0) is 28.8 Å². The molecule has 0 fully saturated rings. The molecule has 16 nitrogen and oxygen atoms in total. The lowest BCUT2D eigenvalue weighted by atomic mass is 9.78. The molecule has 0 aliphatic heterocycles. The van der Waals surface area contributed by atoms with E-state index in [1.807, 2.05) is 198 Å². The molecular weight excluding hydrogens is 1680 g/mol. The Kier molecular flexibility index (Phi) is 33.8. The summed E-state index contributed by atoms with van der Waals surface area (Å²) in [4.78, 5) is 90.7. The maximum Gasteiger partial charge on any atom is 0.227 e. The lowest BCUT2D eigenvalue weighted by Crippen LogP contribution is -2.36. The number of aliphatic hydroxyl groups is 1. The van der Waals surface area contributed by atoms with Crippen molar-refractivity contribution in [1.82, 2.24) is 19.8 Å². The maximum atomic E-state index is 15.0. The van der Waals surface area contributed by atoms with E-state index in [1.54, 1.807) is 24.3 Å². The van der Waals surface area contributed by atoms with Crippen molar-refractivity contribution in [2.75, 3.05) is 20.4 Å². The number of amides is 4. The first-order chi connectivity index (χ1) is 65.8. The van der Waals surface area contributed by atoms with Gasteiger partial charge in [-0.1, -0.05) is 250 Å². The van der Waals surface area contributed by atoms with Crippen LogP contribution in [0.2, 0.25) is 0 Å². The molecule has 4 aliphatic carbocycles. The van der Waals surface area contributed by atoms with Gasteiger partial charge in [0.25, 0.3) is 0 Å². The second kappa shape index (κ2) is 46.2. The molecule has 0 saturated heterocycles. The molecule has 0 bridgehead atoms. The summed E-state index contributed by atoms with van der Waals surface area (Å²) in [5.74, 6) is -2.98. The van der Waals surface area contributed by atoms with Gasteiger partial charge < -0.3 is 41.3 Å². The normalized spacial score (nSPS) is 15.4. The van der Waals surface area contributed by atoms with E-state index >= 15 is 9.90 Å². The fraction of sp³-hybridized carbons (Fsp3) is 0.300. The van der Waals surface area contributed by atoms with Crippen LogP contribution in [0.1, 0.15) is 214 Å². The number of nitrogens with zero attached hydrogens (tertiary/aromatic N) is 4. The van der Waals surface area contributed by atoms with Crippen LogP contribution in [0, 0.1) is 79.1 Å². The molecular formula is C120H133N8O8+. The number of nitrogens with one attached hydrogen (secondary N) is 4. The predicted molar refractivity (Wildman–Crippen MR) is 561 cm³/mol. The number of hydrogen-bond donors (Lipinski definition) is 5. The monoisotopic (exact) mass is 1810 g/mol. The van der Waals surface area contributed by atoms with Crippen LogP contribution in [0.3, 0.4) is 0 Å². The lowest BCUT2D eigenvalue weighted by Gasteiger charge is -2.35. The van der Waals surface area contributed by atoms with Gasteiger partial charge in [-0.3, -0.25) is 28.8 Å². The van der Waals surface area contributed by atoms with Crippen molar-refractivity contribution in [2.45, 2.75) is 214 Å². The predicted octanol–water partition coefficient (Wildman–Crippen LogP) is 27.7. The molecule has 0 saturated carbocycles. The number of ketones is 2. The van der Waals surface area contributed by atoms with Crippen LogP contribution in [0.25, 0.3) is 11.1 Å². The summed E-state index contributed by atoms with van der Waals surface area (Å²) in [5, 5.41) is 40.0. The number of aryl methyl sites for hydroxylation is 8. The zero-order chi connectivity index (χ0) is 97.0. The number of rotatable bonds is 36. The van der Waals surface area contributed by atoms with E-state index in [-0.39, 0.29) is 81.1 Å². The van der Waals surface area contributed by atoms with Crippen molar-refractivity contribution < 1.29 is 39.0 Å². The van der Waals surface area contributed by atoms with E-state index in [0.717, 1.165) is 190 Å². The molecule has 0 spiro atoms. The van der Waals surface area contributed by atoms with Gasteiger partial charge in [-0.25, -0.2) is 0 Å². The Labute approximate surface area is 805 Å². The van der Waals surface area contributed by atoms with Gasteiger partial charge >= 0.3 is 0 Å². The minimum absolute atomic E-state index is 0.000889. The summed E-state index contributed by atoms with van der Waals surface area (Å²) < 4.78 is 4.28. The Morgan fingerprint density at radius 1 is 0.346 bits per heavy atom. The number of carbonyl (C=O) groups excluding carboxylic acids is 6. The van der Waals surface area contributed by atoms with E-state index in [9.17, 15) is 29.1 Å². The fourth-order valence-corrected chi connectivity index (χ4v) is 18.8. The highest BCUT2D eigenvalue weighted by Crippen LogP contribution is 2.49. The van der Waals surface area contributed by atoms with Crippen molar-refractivity contribution in [3.05, 3.63) is 368 Å². The van der Waals surface area contributed by atoms with Crippen LogP contribution in [-0.4, -0.2) is 51.7 Å². The first-order valence-corrected chi connectivity index (χ1v) is 49.0. The van der Waals surface area contributed by atoms with Crippen molar-refractivity contribution in [2.24, 2.45) is 23.7 Å². The summed E-state index contributed by atoms with van der Waals surface area (Å²) in [7, 11) is 0. The quantitative estimate of drug-likeness (QED) is 0.0185. The highest BCUT2D eigenvalue weighted by Gasteiger charge is 2.42. The number of carbonyl (C=O) groups is 6. The number of anilines is 8. The van der Waals surface area contributed by atoms with Gasteiger partial charge in [-0.2, -0.15) is 9.15 Å². The molecule has 4 unspecified atom stereocenters. The molecule has 136 heavy (non-hydrogen) atoms. The Morgan fingerprint density at radius 2 is 0.684 bits per heavy atom. The summed E-state index contributed by atoms with van der Waals surface area (Å²) in [6.07, 6.45) is 24.3. The summed E-state index contributed by atoms with van der Waals surface area (Å²) in [6.45, 7) is 33.2. The minimum atomic E-state index is -0.441. The highest BCUT2D eigenvalue weighted by atomic mass is 16.3. The number of unbranched alkanes of at least 4 members (excludes halogenated alkanes) is 4. The van der Waals surface area contributed by atoms with Crippen molar-refractivity contribution >= 4 is 126 Å². The topological polar surface area (TPSA) is 206 Å². The minimum Gasteiger partial charge on any atom is -0.871 e. The molecule has 700 valence electrons. The van der Waals surface area contributed by atoms with E-state index in [0.29, 0.717) is 70.7 Å². The molecule has 5 N–H and O–H groups in total. The zero-order valence-electron chi connectivity index (χ0n) is 82.1. The third-order valence-electron chi connectivity index (χ3n) is 26.5. The molecule has 0 heterocycles. The lowest BCUT2D eigenvalue weighted by molar-refractivity contribution is -0.297. The number of para-hydroxylation sites is 4. The molecule has 4 aliphatic rings. The van der Waals surface area contributed by atoms with Gasteiger partial charge in [0.15, 0.2) is 5.78 Å². The average molecular weight is 1820 g/mol. The molecule has 4 atom stereocenters. The zero-order valence-corrected chi connectivity index (χ0v) is 82.1. The Balaban J connectivity index is 0.000000232. The van der Waals surface area contributed by atoms with Crippen LogP contribution in [0.5, 0.6) is 0 Å². The first kappa shape index (κ1) is 99.4. The largest absolute Gasteiger partial charge is 0.871 e. The molecule has 0 aromatic heterocycles. The number of hydrogen-bond acceptors (Lipinski definition) is 10. The van der Waals surface area contributed by atoms with E-state index < -0.39 is 11.5 Å². The second-order valence-electron chi connectivity index (χ2n) is 36.5. The third-order valence-corrected chi connectivity index (χ3v) is 26.5. The number of aliphatic hydroxyl groups excluding tert-OH is 1. The number of Topliss-reactive ketones (excluding diaryl/α,β-unsaturated/α-hetero) is 2. The second-order valence-corrected chi connectivity index (χ2v) is 36.5. The molecule has 4 amide bonds. The van der Waals surface area contributed by atoms with E-state index in [1.165, 1.54) is 0 Å². The summed E-state index contributed by atoms with van der Waals surface area (Å²) in [5.41, 5.74) is 22.9.